The Bertz CT molecular complexity index is 1720. The third-order valence-corrected chi connectivity index (χ3v) is 9.61. The largest absolute Gasteiger partial charge is 0.444 e. The molecule has 2 saturated heterocycles. The standard InChI is InChI=1S/C36H42N6O3S/c1-6-28-23-29-31(38-34(39-32(29)46-28)37-24(2)30-13-10-18-42(30)35(44)45-36(3,4)5)40-19-21-41(22-20-40)33(43)27-16-14-26(15-17-27)25-11-8-7-9-12-25/h7-9,11-12,14-17,23,30H,2,6,10,13,18-22H2,1,3-5H3,(H,37,38,39)/t30-/m1/s1. The van der Waals surface area contributed by atoms with E-state index in [1.54, 1.807) is 16.2 Å². The van der Waals surface area contributed by atoms with Crippen LogP contribution in [0.1, 0.15) is 55.8 Å². The number of amides is 2. The minimum Gasteiger partial charge on any atom is -0.444 e. The summed E-state index contributed by atoms with van der Waals surface area (Å²) in [6.45, 7) is 15.2. The van der Waals surface area contributed by atoms with Gasteiger partial charge in [0.05, 0.1) is 11.4 Å². The highest BCUT2D eigenvalue weighted by molar-refractivity contribution is 7.18. The molecule has 2 aliphatic heterocycles. The normalized spacial score (nSPS) is 17.0. The molecule has 2 aromatic heterocycles. The van der Waals surface area contributed by atoms with Crippen molar-refractivity contribution in [2.45, 2.75) is 58.6 Å². The summed E-state index contributed by atoms with van der Waals surface area (Å²) in [5, 5.41) is 4.36. The molecule has 0 radical (unpaired) electrons. The zero-order valence-corrected chi connectivity index (χ0v) is 27.9. The maximum atomic E-state index is 13.4. The van der Waals surface area contributed by atoms with Crippen molar-refractivity contribution in [3.63, 3.8) is 0 Å². The molecule has 4 heterocycles. The van der Waals surface area contributed by atoms with E-state index in [0.29, 0.717) is 49.9 Å². The van der Waals surface area contributed by atoms with Crippen LogP contribution in [-0.2, 0) is 11.2 Å². The number of hydrogen-bond donors (Lipinski definition) is 1. The van der Waals surface area contributed by atoms with E-state index >= 15 is 0 Å². The number of thiophene rings is 1. The molecule has 0 aliphatic carbocycles. The second-order valence-electron chi connectivity index (χ2n) is 12.9. The molecule has 4 aromatic rings. The number of nitrogens with one attached hydrogen (secondary N) is 1. The van der Waals surface area contributed by atoms with E-state index in [-0.39, 0.29) is 18.0 Å². The van der Waals surface area contributed by atoms with Crippen molar-refractivity contribution in [3.05, 3.63) is 83.4 Å². The number of piperazine rings is 1. The fraction of sp³-hybridized carbons (Fsp3) is 0.389. The van der Waals surface area contributed by atoms with Gasteiger partial charge >= 0.3 is 6.09 Å². The van der Waals surface area contributed by atoms with Crippen molar-refractivity contribution in [3.8, 4) is 11.1 Å². The van der Waals surface area contributed by atoms with Crippen LogP contribution in [0, 0.1) is 0 Å². The van der Waals surface area contributed by atoms with Crippen LogP contribution in [0.5, 0.6) is 0 Å². The van der Waals surface area contributed by atoms with Crippen molar-refractivity contribution in [1.82, 2.24) is 19.8 Å². The minimum atomic E-state index is -0.570. The molecule has 2 aromatic carbocycles. The Morgan fingerprint density at radius 2 is 1.67 bits per heavy atom. The summed E-state index contributed by atoms with van der Waals surface area (Å²) in [5.41, 5.74) is 3.02. The Kier molecular flexibility index (Phi) is 8.99. The van der Waals surface area contributed by atoms with Gasteiger partial charge in [-0.05, 0) is 69.4 Å². The third-order valence-electron chi connectivity index (χ3n) is 8.43. The second-order valence-corrected chi connectivity index (χ2v) is 14.0. The first-order valence-electron chi connectivity index (χ1n) is 16.0. The van der Waals surface area contributed by atoms with Crippen molar-refractivity contribution in [2.24, 2.45) is 0 Å². The van der Waals surface area contributed by atoms with Crippen LogP contribution in [0.2, 0.25) is 0 Å². The monoisotopic (exact) mass is 638 g/mol. The van der Waals surface area contributed by atoms with Crippen LogP contribution in [0.25, 0.3) is 21.3 Å². The molecule has 46 heavy (non-hydrogen) atoms. The van der Waals surface area contributed by atoms with Gasteiger partial charge in [0.25, 0.3) is 5.91 Å². The first kappa shape index (κ1) is 31.5. The van der Waals surface area contributed by atoms with Gasteiger partial charge in [-0.2, -0.15) is 4.98 Å². The average molecular weight is 639 g/mol. The molecule has 240 valence electrons. The van der Waals surface area contributed by atoms with Crippen LogP contribution in [0.3, 0.4) is 0 Å². The van der Waals surface area contributed by atoms with Crippen LogP contribution in [0.15, 0.2) is 72.9 Å². The van der Waals surface area contributed by atoms with E-state index in [1.807, 2.05) is 68.1 Å². The van der Waals surface area contributed by atoms with E-state index in [2.05, 4.69) is 41.9 Å². The smallest absolute Gasteiger partial charge is 0.410 e. The van der Waals surface area contributed by atoms with Crippen LogP contribution < -0.4 is 10.2 Å². The SMILES string of the molecule is C=C(Nc1nc(N2CCN(C(=O)c3ccc(-c4ccccc4)cc3)CC2)c2cc(CC)sc2n1)[C@H]1CCCN1C(=O)OC(C)(C)C. The van der Waals surface area contributed by atoms with E-state index in [0.717, 1.165) is 46.4 Å². The maximum absolute atomic E-state index is 13.4. The van der Waals surface area contributed by atoms with E-state index in [1.165, 1.54) is 4.88 Å². The lowest BCUT2D eigenvalue weighted by Crippen LogP contribution is -2.49. The molecule has 1 atom stereocenters. The molecule has 0 saturated carbocycles. The molecule has 0 unspecified atom stereocenters. The van der Waals surface area contributed by atoms with Crippen molar-refractivity contribution >= 4 is 45.3 Å². The fourth-order valence-electron chi connectivity index (χ4n) is 6.06. The predicted octanol–water partition coefficient (Wildman–Crippen LogP) is 7.21. The number of ether oxygens (including phenoxy) is 1. The Hall–Kier alpha value is -4.44. The number of benzene rings is 2. The Morgan fingerprint density at radius 1 is 0.978 bits per heavy atom. The summed E-state index contributed by atoms with van der Waals surface area (Å²) in [5.74, 6) is 1.36. The van der Waals surface area contributed by atoms with E-state index in [9.17, 15) is 9.59 Å². The molecule has 1 N–H and O–H groups in total. The third kappa shape index (κ3) is 6.87. The highest BCUT2D eigenvalue weighted by atomic mass is 32.1. The quantitative estimate of drug-likeness (QED) is 0.229. The summed E-state index contributed by atoms with van der Waals surface area (Å²) < 4.78 is 5.65. The lowest BCUT2D eigenvalue weighted by atomic mass is 10.0. The maximum Gasteiger partial charge on any atom is 0.410 e. The number of aryl methyl sites for hydroxylation is 1. The van der Waals surface area contributed by atoms with Gasteiger partial charge in [0.1, 0.15) is 16.2 Å². The number of hydrogen-bond acceptors (Lipinski definition) is 8. The molecule has 2 aliphatic rings. The Labute approximate surface area is 274 Å². The predicted molar refractivity (Wildman–Crippen MR) is 186 cm³/mol. The number of carbonyl (C=O) groups is 2. The van der Waals surface area contributed by atoms with Gasteiger partial charge in [-0.1, -0.05) is 56.0 Å². The zero-order valence-electron chi connectivity index (χ0n) is 27.1. The number of carbonyl (C=O) groups excluding carboxylic acids is 2. The van der Waals surface area contributed by atoms with Crippen molar-refractivity contribution < 1.29 is 14.3 Å². The number of anilines is 2. The summed E-state index contributed by atoms with van der Waals surface area (Å²) in [6.07, 6.45) is 2.25. The minimum absolute atomic E-state index is 0.0423. The second kappa shape index (κ2) is 13.1. The number of nitrogens with zero attached hydrogens (tertiary/aromatic N) is 5. The van der Waals surface area contributed by atoms with Gasteiger partial charge in [0.15, 0.2) is 0 Å². The summed E-state index contributed by atoms with van der Waals surface area (Å²) in [4.78, 5) is 44.2. The zero-order chi connectivity index (χ0) is 32.4. The van der Waals surface area contributed by atoms with Gasteiger partial charge in [-0.3, -0.25) is 9.69 Å². The van der Waals surface area contributed by atoms with E-state index in [4.69, 9.17) is 14.7 Å². The lowest BCUT2D eigenvalue weighted by Gasteiger charge is -2.36. The van der Waals surface area contributed by atoms with Crippen LogP contribution >= 0.6 is 11.3 Å². The fourth-order valence-corrected chi connectivity index (χ4v) is 7.02. The van der Waals surface area contributed by atoms with Crippen molar-refractivity contribution in [2.75, 3.05) is 42.9 Å². The molecule has 0 bridgehead atoms. The van der Waals surface area contributed by atoms with Gasteiger partial charge in [0, 0.05) is 48.9 Å². The van der Waals surface area contributed by atoms with Crippen LogP contribution in [0.4, 0.5) is 16.6 Å². The number of rotatable bonds is 7. The average Bonchev–Trinajstić information content (AvgIpc) is 3.72. The number of fused-ring (bicyclic) bond motifs is 1. The van der Waals surface area contributed by atoms with Gasteiger partial charge in [-0.15, -0.1) is 11.3 Å². The van der Waals surface area contributed by atoms with Gasteiger partial charge in [0.2, 0.25) is 5.95 Å². The molecule has 6 rings (SSSR count). The summed E-state index contributed by atoms with van der Waals surface area (Å²) >= 11 is 1.67. The molecule has 10 heteroatoms. The molecule has 9 nitrogen and oxygen atoms in total. The molecular weight excluding hydrogens is 597 g/mol. The molecule has 2 fully saturated rings. The summed E-state index contributed by atoms with van der Waals surface area (Å²) in [7, 11) is 0. The highest BCUT2D eigenvalue weighted by Crippen LogP contribution is 2.34. The number of aromatic nitrogens is 2. The van der Waals surface area contributed by atoms with E-state index < -0.39 is 5.60 Å². The molecule has 2 amide bonds. The molecule has 0 spiro atoms. The Balaban J connectivity index is 1.16. The van der Waals surface area contributed by atoms with Crippen molar-refractivity contribution in [1.29, 1.82) is 0 Å². The van der Waals surface area contributed by atoms with Gasteiger partial charge < -0.3 is 19.9 Å². The highest BCUT2D eigenvalue weighted by Gasteiger charge is 2.34. The van der Waals surface area contributed by atoms with Gasteiger partial charge in [-0.25, -0.2) is 9.78 Å². The lowest BCUT2D eigenvalue weighted by molar-refractivity contribution is 0.0249. The molecular formula is C36H42N6O3S. The first-order chi connectivity index (χ1) is 22.1. The van der Waals surface area contributed by atoms with Crippen LogP contribution in [-0.4, -0.2) is 76.1 Å². The summed E-state index contributed by atoms with van der Waals surface area (Å²) in [6, 6.07) is 20.0. The Morgan fingerprint density at radius 3 is 2.35 bits per heavy atom. The number of likely N-dealkylation sites (tertiary alicyclic amines) is 1. The topological polar surface area (TPSA) is 90.9 Å². The first-order valence-corrected chi connectivity index (χ1v) is 16.9.